The van der Waals surface area contributed by atoms with Gasteiger partial charge in [0.05, 0.1) is 6.04 Å². The zero-order chi connectivity index (χ0) is 19.6. The quantitative estimate of drug-likeness (QED) is 0.720. The summed E-state index contributed by atoms with van der Waals surface area (Å²) in [6, 6.07) is 4.27. The summed E-state index contributed by atoms with van der Waals surface area (Å²) in [7, 11) is 0. The summed E-state index contributed by atoms with van der Waals surface area (Å²) in [5.74, 6) is -0.314. The molecule has 2 fully saturated rings. The van der Waals surface area contributed by atoms with Crippen LogP contribution >= 0.6 is 0 Å². The molecule has 0 aromatic heterocycles. The highest BCUT2D eigenvalue weighted by Crippen LogP contribution is 2.24. The number of nitrogens with zero attached hydrogens (tertiary/aromatic N) is 1. The van der Waals surface area contributed by atoms with Gasteiger partial charge in [0.15, 0.2) is 0 Å². The van der Waals surface area contributed by atoms with Crippen LogP contribution in [0.5, 0.6) is 0 Å². The Morgan fingerprint density at radius 1 is 1.37 bits per heavy atom. The van der Waals surface area contributed by atoms with Gasteiger partial charge in [0.25, 0.3) is 0 Å². The van der Waals surface area contributed by atoms with Crippen molar-refractivity contribution in [2.24, 2.45) is 5.92 Å². The van der Waals surface area contributed by atoms with Crippen molar-refractivity contribution in [3.63, 3.8) is 0 Å². The second kappa shape index (κ2) is 7.94. The molecule has 3 rings (SSSR count). The van der Waals surface area contributed by atoms with Crippen LogP contribution in [0.4, 0.5) is 9.18 Å². The lowest BCUT2D eigenvalue weighted by Gasteiger charge is -2.35. The first-order chi connectivity index (χ1) is 12.8. The summed E-state index contributed by atoms with van der Waals surface area (Å²) in [4.78, 5) is 38.6. The average molecular weight is 376 g/mol. The molecule has 3 atom stereocenters. The first-order valence-corrected chi connectivity index (χ1v) is 9.23. The Labute approximate surface area is 157 Å². The zero-order valence-corrected chi connectivity index (χ0v) is 15.5. The highest BCUT2D eigenvalue weighted by Gasteiger charge is 2.46. The van der Waals surface area contributed by atoms with Crippen molar-refractivity contribution in [3.05, 3.63) is 35.6 Å². The number of carbonyl (C=O) groups is 3. The first-order valence-electron chi connectivity index (χ1n) is 9.23. The third-order valence-corrected chi connectivity index (χ3v) is 4.89. The van der Waals surface area contributed by atoms with Crippen molar-refractivity contribution in [2.75, 3.05) is 6.54 Å². The van der Waals surface area contributed by atoms with Gasteiger partial charge in [-0.15, -0.1) is 0 Å². The molecule has 0 aliphatic carbocycles. The zero-order valence-electron chi connectivity index (χ0n) is 15.5. The Balaban J connectivity index is 1.53. The topological polar surface area (TPSA) is 90.5 Å². The molecular formula is C19H25FN4O3. The van der Waals surface area contributed by atoms with E-state index in [1.165, 1.54) is 12.1 Å². The maximum Gasteiger partial charge on any atom is 0.315 e. The van der Waals surface area contributed by atoms with Crippen molar-refractivity contribution < 1.29 is 18.8 Å². The number of urea groups is 1. The molecule has 27 heavy (non-hydrogen) atoms. The van der Waals surface area contributed by atoms with Crippen LogP contribution < -0.4 is 16.0 Å². The standard InChI is InChI=1S/C19H25FN4O3/c1-11(2)6-15-18(26)24-10-14(8-16(24)17(25)23-15)22-19(27)21-9-12-4-3-5-13(20)7-12/h3-5,7,11,14-16H,6,8-10H2,1-2H3,(H,23,25)(H2,21,22,27)/t14-,15-,16-/m0/s1. The molecule has 1 aromatic rings. The molecule has 0 spiro atoms. The van der Waals surface area contributed by atoms with E-state index >= 15 is 0 Å². The molecule has 0 unspecified atom stereocenters. The fraction of sp³-hybridized carbons (Fsp3) is 0.526. The van der Waals surface area contributed by atoms with Gasteiger partial charge in [0.2, 0.25) is 11.8 Å². The van der Waals surface area contributed by atoms with Gasteiger partial charge in [0.1, 0.15) is 17.9 Å². The van der Waals surface area contributed by atoms with Gasteiger partial charge in [0, 0.05) is 13.1 Å². The van der Waals surface area contributed by atoms with Crippen LogP contribution in [0.15, 0.2) is 24.3 Å². The molecule has 7 nitrogen and oxygen atoms in total. The number of piperazine rings is 1. The van der Waals surface area contributed by atoms with Crippen molar-refractivity contribution in [1.82, 2.24) is 20.9 Å². The number of rotatable bonds is 5. The van der Waals surface area contributed by atoms with Gasteiger partial charge < -0.3 is 20.9 Å². The molecule has 1 aromatic carbocycles. The number of carbonyl (C=O) groups excluding carboxylic acids is 3. The summed E-state index contributed by atoms with van der Waals surface area (Å²) in [5, 5.41) is 8.27. The molecule has 4 amide bonds. The number of fused-ring (bicyclic) bond motifs is 1. The molecule has 2 heterocycles. The number of benzene rings is 1. The Hall–Kier alpha value is -2.64. The number of hydrogen-bond acceptors (Lipinski definition) is 3. The minimum Gasteiger partial charge on any atom is -0.342 e. The monoisotopic (exact) mass is 376 g/mol. The molecule has 146 valence electrons. The lowest BCUT2D eigenvalue weighted by atomic mass is 9.99. The van der Waals surface area contributed by atoms with E-state index in [0.717, 1.165) is 0 Å². The van der Waals surface area contributed by atoms with Gasteiger partial charge in [-0.25, -0.2) is 9.18 Å². The van der Waals surface area contributed by atoms with E-state index in [2.05, 4.69) is 16.0 Å². The van der Waals surface area contributed by atoms with E-state index in [4.69, 9.17) is 0 Å². The largest absolute Gasteiger partial charge is 0.342 e. The summed E-state index contributed by atoms with van der Waals surface area (Å²) in [6.45, 7) is 4.52. The van der Waals surface area contributed by atoms with E-state index in [-0.39, 0.29) is 30.2 Å². The van der Waals surface area contributed by atoms with Crippen molar-refractivity contribution in [2.45, 2.75) is 51.4 Å². The third kappa shape index (κ3) is 4.56. The molecule has 2 aliphatic rings. The lowest BCUT2D eigenvalue weighted by Crippen LogP contribution is -2.61. The SMILES string of the molecule is CC(C)C[C@@H]1NC(=O)[C@@H]2C[C@H](NC(=O)NCc3cccc(F)c3)CN2C1=O. The molecule has 2 aliphatic heterocycles. The predicted octanol–water partition coefficient (Wildman–Crippen LogP) is 1.14. The molecule has 0 radical (unpaired) electrons. The summed E-state index contributed by atoms with van der Waals surface area (Å²) in [5.41, 5.74) is 0.653. The maximum absolute atomic E-state index is 13.2. The highest BCUT2D eigenvalue weighted by molar-refractivity contribution is 5.97. The Morgan fingerprint density at radius 2 is 2.15 bits per heavy atom. The van der Waals surface area contributed by atoms with E-state index < -0.39 is 18.1 Å². The van der Waals surface area contributed by atoms with Gasteiger partial charge in [-0.2, -0.15) is 0 Å². The molecule has 0 bridgehead atoms. The summed E-state index contributed by atoms with van der Waals surface area (Å²) in [6.07, 6.45) is 0.985. The average Bonchev–Trinajstić information content (AvgIpc) is 3.02. The fourth-order valence-corrected chi connectivity index (χ4v) is 3.66. The normalized spacial score (nSPS) is 24.6. The van der Waals surface area contributed by atoms with E-state index in [1.807, 2.05) is 13.8 Å². The number of halogens is 1. The highest BCUT2D eigenvalue weighted by atomic mass is 19.1. The van der Waals surface area contributed by atoms with Gasteiger partial charge in [-0.3, -0.25) is 9.59 Å². The Morgan fingerprint density at radius 3 is 2.85 bits per heavy atom. The van der Waals surface area contributed by atoms with Crippen LogP contribution in [0.2, 0.25) is 0 Å². The van der Waals surface area contributed by atoms with Crippen molar-refractivity contribution in [3.8, 4) is 0 Å². The number of nitrogens with one attached hydrogen (secondary N) is 3. The van der Waals surface area contributed by atoms with Gasteiger partial charge >= 0.3 is 6.03 Å². The van der Waals surface area contributed by atoms with Crippen molar-refractivity contribution >= 4 is 17.8 Å². The number of amides is 4. The van der Waals surface area contributed by atoms with Crippen LogP contribution in [-0.2, 0) is 16.1 Å². The lowest BCUT2D eigenvalue weighted by molar-refractivity contribution is -0.147. The van der Waals surface area contributed by atoms with Crippen LogP contribution in [0, 0.1) is 11.7 Å². The minimum atomic E-state index is -0.533. The molecule has 8 heteroatoms. The molecule has 3 N–H and O–H groups in total. The van der Waals surface area contributed by atoms with E-state index in [1.54, 1.807) is 17.0 Å². The summed E-state index contributed by atoms with van der Waals surface area (Å²) < 4.78 is 13.2. The van der Waals surface area contributed by atoms with Crippen LogP contribution in [-0.4, -0.2) is 47.4 Å². The van der Waals surface area contributed by atoms with Crippen molar-refractivity contribution in [1.29, 1.82) is 0 Å². The van der Waals surface area contributed by atoms with Crippen LogP contribution in [0.3, 0.4) is 0 Å². The van der Waals surface area contributed by atoms with Gasteiger partial charge in [-0.1, -0.05) is 26.0 Å². The van der Waals surface area contributed by atoms with E-state index in [0.29, 0.717) is 30.9 Å². The van der Waals surface area contributed by atoms with Crippen LogP contribution in [0.25, 0.3) is 0 Å². The second-order valence-electron chi connectivity index (χ2n) is 7.59. The Kier molecular flexibility index (Phi) is 5.62. The third-order valence-electron chi connectivity index (χ3n) is 4.89. The fourth-order valence-electron chi connectivity index (χ4n) is 3.66. The second-order valence-corrected chi connectivity index (χ2v) is 7.59. The van der Waals surface area contributed by atoms with Crippen LogP contribution in [0.1, 0.15) is 32.3 Å². The number of hydrogen-bond donors (Lipinski definition) is 3. The first kappa shape index (κ1) is 19.1. The predicted molar refractivity (Wildman–Crippen MR) is 97.1 cm³/mol. The van der Waals surface area contributed by atoms with E-state index in [9.17, 15) is 18.8 Å². The molecule has 0 saturated carbocycles. The summed E-state index contributed by atoms with van der Waals surface area (Å²) >= 11 is 0. The molecule has 2 saturated heterocycles. The smallest absolute Gasteiger partial charge is 0.315 e. The Bertz CT molecular complexity index is 739. The minimum absolute atomic E-state index is 0.0854. The maximum atomic E-state index is 13.2. The van der Waals surface area contributed by atoms with Gasteiger partial charge in [-0.05, 0) is 36.5 Å². The molecular weight excluding hydrogens is 351 g/mol.